The molecule has 10 heteroatoms. The highest BCUT2D eigenvalue weighted by Gasteiger charge is 2.38. The minimum atomic E-state index is -4.45. The Morgan fingerprint density at radius 3 is 2.27 bits per heavy atom. The lowest BCUT2D eigenvalue weighted by Crippen LogP contribution is -2.30. The van der Waals surface area contributed by atoms with Gasteiger partial charge in [0.15, 0.2) is 0 Å². The zero-order valence-electron chi connectivity index (χ0n) is 16.8. The highest BCUT2D eigenvalue weighted by atomic mass is 127. The van der Waals surface area contributed by atoms with E-state index in [0.717, 1.165) is 12.1 Å². The van der Waals surface area contributed by atoms with Crippen LogP contribution in [0.15, 0.2) is 77.8 Å². The topological polar surface area (TPSA) is 51.9 Å². The van der Waals surface area contributed by atoms with Crippen molar-refractivity contribution in [1.82, 2.24) is 3.11 Å². The molecule has 0 amide bonds. The molecule has 5 nitrogen and oxygen atoms in total. The van der Waals surface area contributed by atoms with Gasteiger partial charge in [0.1, 0.15) is 11.5 Å². The van der Waals surface area contributed by atoms with Gasteiger partial charge in [-0.25, -0.2) is 0 Å². The average molecular weight is 583 g/mol. The lowest BCUT2D eigenvalue weighted by atomic mass is 10.0. The number of hydrogen-bond donors (Lipinski definition) is 0. The van der Waals surface area contributed by atoms with E-state index in [9.17, 15) is 18.4 Å². The fraction of sp³-hybridized carbons (Fsp3) is 0.130. The van der Waals surface area contributed by atoms with Crippen LogP contribution in [0.25, 0.3) is 0 Å². The molecule has 1 aliphatic heterocycles. The van der Waals surface area contributed by atoms with Crippen molar-refractivity contribution in [2.24, 2.45) is 4.99 Å². The smallest absolute Gasteiger partial charge is 0.416 e. The summed E-state index contributed by atoms with van der Waals surface area (Å²) >= 11 is 7.90. The number of halogens is 5. The first-order chi connectivity index (χ1) is 15.8. The Morgan fingerprint density at radius 1 is 1.03 bits per heavy atom. The van der Waals surface area contributed by atoms with Crippen molar-refractivity contribution in [3.05, 3.63) is 88.9 Å². The highest BCUT2D eigenvalue weighted by molar-refractivity contribution is 14.1. The number of nitrogens with zero attached hydrogens (tertiary/aromatic N) is 4. The Kier molecular flexibility index (Phi) is 6.67. The Balaban J connectivity index is 1.67. The van der Waals surface area contributed by atoms with Crippen LogP contribution in [-0.4, -0.2) is 15.6 Å². The van der Waals surface area contributed by atoms with Crippen molar-refractivity contribution >= 4 is 46.1 Å². The summed E-state index contributed by atoms with van der Waals surface area (Å²) in [5.74, 6) is 1.52. The third-order valence-electron chi connectivity index (χ3n) is 4.99. The van der Waals surface area contributed by atoms with Gasteiger partial charge in [-0.3, -0.25) is 3.11 Å². The second-order valence-electron chi connectivity index (χ2n) is 7.12. The first-order valence-electron chi connectivity index (χ1n) is 9.66. The van der Waals surface area contributed by atoms with Gasteiger partial charge in [-0.05, 0) is 66.2 Å². The van der Waals surface area contributed by atoms with Crippen LogP contribution in [-0.2, 0) is 6.18 Å². The third-order valence-corrected chi connectivity index (χ3v) is 6.07. The highest BCUT2D eigenvalue weighted by Crippen LogP contribution is 2.39. The molecule has 4 rings (SSSR count). The van der Waals surface area contributed by atoms with Crippen molar-refractivity contribution in [2.75, 3.05) is 11.4 Å². The molecule has 1 atom stereocenters. The van der Waals surface area contributed by atoms with Crippen molar-refractivity contribution in [3.8, 4) is 17.7 Å². The summed E-state index contributed by atoms with van der Waals surface area (Å²) < 4.78 is 47.4. The molecule has 1 heterocycles. The number of ether oxygens (including phenoxy) is 1. The van der Waals surface area contributed by atoms with Gasteiger partial charge >= 0.3 is 6.18 Å². The normalized spacial score (nSPS) is 17.3. The lowest BCUT2D eigenvalue weighted by molar-refractivity contribution is -0.137. The van der Waals surface area contributed by atoms with E-state index in [1.165, 1.54) is 6.07 Å². The van der Waals surface area contributed by atoms with Crippen LogP contribution >= 0.6 is 34.5 Å². The lowest BCUT2D eigenvalue weighted by Gasteiger charge is -2.26. The third kappa shape index (κ3) is 5.17. The summed E-state index contributed by atoms with van der Waals surface area (Å²) in [6, 6.07) is 18.7. The fourth-order valence-electron chi connectivity index (χ4n) is 3.51. The Bertz CT molecular complexity index is 1210. The quantitative estimate of drug-likeness (QED) is 0.185. The van der Waals surface area contributed by atoms with E-state index in [2.05, 4.69) is 4.99 Å². The van der Waals surface area contributed by atoms with Gasteiger partial charge in [-0.2, -0.15) is 18.4 Å². The maximum absolute atomic E-state index is 13.3. The van der Waals surface area contributed by atoms with E-state index in [4.69, 9.17) is 16.3 Å². The summed E-state index contributed by atoms with van der Waals surface area (Å²) in [6.07, 6.45) is -2.67. The predicted octanol–water partition coefficient (Wildman–Crippen LogP) is 7.20. The second kappa shape index (κ2) is 9.49. The Morgan fingerprint density at radius 2 is 1.67 bits per heavy atom. The standard InChI is InChI=1S/C23H15ClF3IN4O/c24-17-4-8-19(9-5-17)33-20-10-6-18(7-11-20)32-21(13-31(28)22(32)30-14-29)15-2-1-3-16(12-15)23(25,26)27/h1-12,21H,13H2. The second-order valence-corrected chi connectivity index (χ2v) is 8.72. The molecule has 3 aromatic rings. The van der Waals surface area contributed by atoms with E-state index < -0.39 is 17.8 Å². The molecule has 1 aliphatic rings. The molecule has 0 spiro atoms. The summed E-state index contributed by atoms with van der Waals surface area (Å²) in [6.45, 7) is 0.353. The maximum Gasteiger partial charge on any atom is 0.416 e. The van der Waals surface area contributed by atoms with Gasteiger partial charge in [0, 0.05) is 10.7 Å². The Labute approximate surface area is 207 Å². The van der Waals surface area contributed by atoms with E-state index in [1.807, 2.05) is 22.9 Å². The predicted molar refractivity (Wildman–Crippen MR) is 128 cm³/mol. The zero-order chi connectivity index (χ0) is 23.6. The zero-order valence-corrected chi connectivity index (χ0v) is 19.7. The molecule has 33 heavy (non-hydrogen) atoms. The van der Waals surface area contributed by atoms with Crippen LogP contribution in [0.3, 0.4) is 0 Å². The molecule has 1 saturated heterocycles. The molecule has 0 radical (unpaired) electrons. The minimum absolute atomic E-state index is 0.340. The first kappa shape index (κ1) is 23.2. The molecule has 168 valence electrons. The van der Waals surface area contributed by atoms with Crippen LogP contribution < -0.4 is 9.64 Å². The summed E-state index contributed by atoms with van der Waals surface area (Å²) in [7, 11) is 0. The largest absolute Gasteiger partial charge is 0.457 e. The number of anilines is 1. The molecule has 0 saturated carbocycles. The van der Waals surface area contributed by atoms with Crippen molar-refractivity contribution in [1.29, 1.82) is 5.26 Å². The van der Waals surface area contributed by atoms with Gasteiger partial charge in [0.25, 0.3) is 0 Å². The van der Waals surface area contributed by atoms with Crippen molar-refractivity contribution in [2.45, 2.75) is 12.2 Å². The van der Waals surface area contributed by atoms with Crippen molar-refractivity contribution in [3.63, 3.8) is 0 Å². The number of aliphatic imine (C=N–C) groups is 1. The van der Waals surface area contributed by atoms with Gasteiger partial charge in [0.05, 0.1) is 41.0 Å². The number of benzene rings is 3. The summed E-state index contributed by atoms with van der Waals surface area (Å²) in [5.41, 5.74) is 0.405. The molecule has 0 N–H and O–H groups in total. The number of alkyl halides is 3. The summed E-state index contributed by atoms with van der Waals surface area (Å²) in [4.78, 5) is 5.66. The van der Waals surface area contributed by atoms with Crippen LogP contribution in [0.5, 0.6) is 11.5 Å². The molecule has 0 aromatic heterocycles. The molecule has 1 fully saturated rings. The van der Waals surface area contributed by atoms with Crippen LogP contribution in [0.1, 0.15) is 17.2 Å². The number of hydrogen-bond acceptors (Lipinski definition) is 3. The van der Waals surface area contributed by atoms with Crippen LogP contribution in [0, 0.1) is 11.5 Å². The summed E-state index contributed by atoms with van der Waals surface area (Å²) in [5, 5.41) is 9.77. The minimum Gasteiger partial charge on any atom is -0.457 e. The van der Waals surface area contributed by atoms with Gasteiger partial charge in [-0.1, -0.05) is 23.7 Å². The van der Waals surface area contributed by atoms with Crippen molar-refractivity contribution < 1.29 is 17.9 Å². The van der Waals surface area contributed by atoms with E-state index in [0.29, 0.717) is 40.3 Å². The molecule has 3 aromatic carbocycles. The molecular formula is C23H15ClF3IN4O. The SMILES string of the molecule is N#CN=C1N(I)CC(c2cccc(C(F)(F)F)c2)N1c1ccc(Oc2ccc(Cl)cc2)cc1. The fourth-order valence-corrected chi connectivity index (χ4v) is 4.35. The Hall–Kier alpha value is -2.97. The van der Waals surface area contributed by atoms with E-state index in [-0.39, 0.29) is 0 Å². The number of rotatable bonds is 4. The number of nitriles is 1. The molecule has 0 bridgehead atoms. The molecular weight excluding hydrogens is 568 g/mol. The molecule has 1 unspecified atom stereocenters. The average Bonchev–Trinajstić information content (AvgIpc) is 3.12. The number of guanidine groups is 1. The van der Waals surface area contributed by atoms with E-state index >= 15 is 0 Å². The van der Waals surface area contributed by atoms with Gasteiger partial charge < -0.3 is 9.64 Å². The van der Waals surface area contributed by atoms with Crippen LogP contribution in [0.2, 0.25) is 5.02 Å². The maximum atomic E-state index is 13.3. The first-order valence-corrected chi connectivity index (χ1v) is 11.0. The monoisotopic (exact) mass is 582 g/mol. The molecule has 0 aliphatic carbocycles. The van der Waals surface area contributed by atoms with Crippen LogP contribution in [0.4, 0.5) is 18.9 Å². The van der Waals surface area contributed by atoms with Gasteiger partial charge in [-0.15, -0.1) is 4.99 Å². The van der Waals surface area contributed by atoms with E-state index in [1.54, 1.807) is 68.8 Å². The van der Waals surface area contributed by atoms with Gasteiger partial charge in [0.2, 0.25) is 12.2 Å².